The first-order valence-electron chi connectivity index (χ1n) is 6.67. The lowest BCUT2D eigenvalue weighted by Crippen LogP contribution is -2.39. The number of rotatable bonds is 3. The van der Waals surface area contributed by atoms with Crippen molar-refractivity contribution in [1.29, 1.82) is 0 Å². The molecule has 0 bridgehead atoms. The van der Waals surface area contributed by atoms with Gasteiger partial charge in [-0.1, -0.05) is 37.3 Å². The highest BCUT2D eigenvalue weighted by Gasteiger charge is 2.45. The van der Waals surface area contributed by atoms with Crippen LogP contribution < -0.4 is 5.32 Å². The van der Waals surface area contributed by atoms with E-state index >= 15 is 0 Å². The highest BCUT2D eigenvalue weighted by molar-refractivity contribution is 9.11. The highest BCUT2D eigenvalue weighted by atomic mass is 79.9. The van der Waals surface area contributed by atoms with Crippen LogP contribution in [-0.2, 0) is 16.6 Å². The Balaban J connectivity index is 1.90. The number of thiophene rings is 1. The number of hydrogen-bond acceptors (Lipinski definition) is 2. The van der Waals surface area contributed by atoms with Crippen LogP contribution in [0.3, 0.4) is 0 Å². The van der Waals surface area contributed by atoms with Gasteiger partial charge in [0.25, 0.3) is 0 Å². The van der Waals surface area contributed by atoms with Crippen LogP contribution in [0, 0.1) is 0 Å². The number of carbonyl (C=O) groups excluding carboxylic acids is 1. The molecule has 1 N–H and O–H groups in total. The average molecular weight is 350 g/mol. The van der Waals surface area contributed by atoms with Gasteiger partial charge in [-0.15, -0.1) is 11.3 Å². The molecule has 1 fully saturated rings. The van der Waals surface area contributed by atoms with Gasteiger partial charge in [0.2, 0.25) is 5.91 Å². The van der Waals surface area contributed by atoms with Gasteiger partial charge in [0.05, 0.1) is 3.79 Å². The summed E-state index contributed by atoms with van der Waals surface area (Å²) < 4.78 is 1.12. The van der Waals surface area contributed by atoms with Crippen molar-refractivity contribution in [3.05, 3.63) is 56.7 Å². The molecule has 1 amide bonds. The number of amides is 1. The van der Waals surface area contributed by atoms with Gasteiger partial charge in [-0.05, 0) is 40.0 Å². The normalized spacial score (nSPS) is 25.7. The number of carbonyl (C=O) groups is 1. The zero-order valence-corrected chi connectivity index (χ0v) is 13.6. The summed E-state index contributed by atoms with van der Waals surface area (Å²) in [6.45, 7) is 2.19. The minimum atomic E-state index is -0.121. The summed E-state index contributed by atoms with van der Waals surface area (Å²) in [4.78, 5) is 13.2. The second kappa shape index (κ2) is 5.34. The Morgan fingerprint density at radius 1 is 1.30 bits per heavy atom. The van der Waals surface area contributed by atoms with Crippen molar-refractivity contribution in [2.24, 2.45) is 0 Å². The van der Waals surface area contributed by atoms with Crippen LogP contribution in [0.2, 0.25) is 0 Å². The maximum absolute atomic E-state index is 11.9. The summed E-state index contributed by atoms with van der Waals surface area (Å²) in [6, 6.07) is 14.7. The third kappa shape index (κ3) is 2.54. The van der Waals surface area contributed by atoms with Gasteiger partial charge >= 0.3 is 0 Å². The minimum absolute atomic E-state index is 0.121. The Morgan fingerprint density at radius 2 is 2.05 bits per heavy atom. The fraction of sp³-hybridized carbons (Fsp3) is 0.312. The number of benzene rings is 1. The third-order valence-electron chi connectivity index (χ3n) is 4.05. The molecule has 2 heterocycles. The fourth-order valence-electron chi connectivity index (χ4n) is 2.87. The van der Waals surface area contributed by atoms with Crippen LogP contribution in [0.25, 0.3) is 0 Å². The van der Waals surface area contributed by atoms with Gasteiger partial charge < -0.3 is 5.32 Å². The van der Waals surface area contributed by atoms with E-state index in [0.717, 1.165) is 10.2 Å². The molecule has 0 aliphatic carbocycles. The van der Waals surface area contributed by atoms with Crippen LogP contribution in [0.15, 0.2) is 46.3 Å². The monoisotopic (exact) mass is 349 g/mol. The zero-order valence-electron chi connectivity index (χ0n) is 11.2. The van der Waals surface area contributed by atoms with Gasteiger partial charge in [0.1, 0.15) is 0 Å². The number of nitrogens with one attached hydrogen (secondary N) is 1. The molecule has 2 atom stereocenters. The van der Waals surface area contributed by atoms with E-state index in [1.165, 1.54) is 10.4 Å². The average Bonchev–Trinajstić information content (AvgIpc) is 2.97. The van der Waals surface area contributed by atoms with Crippen LogP contribution in [-0.4, -0.2) is 11.9 Å². The molecule has 104 valence electrons. The van der Waals surface area contributed by atoms with E-state index in [0.29, 0.717) is 6.42 Å². The molecule has 0 radical (unpaired) electrons. The lowest BCUT2D eigenvalue weighted by Gasteiger charge is -2.29. The Labute approximate surface area is 131 Å². The molecular formula is C16H16BrNOS. The quantitative estimate of drug-likeness (QED) is 0.894. The summed E-state index contributed by atoms with van der Waals surface area (Å²) in [5, 5.41) is 3.15. The summed E-state index contributed by atoms with van der Waals surface area (Å²) >= 11 is 5.24. The summed E-state index contributed by atoms with van der Waals surface area (Å²) in [7, 11) is 0. The first-order valence-corrected chi connectivity index (χ1v) is 8.28. The van der Waals surface area contributed by atoms with Crippen molar-refractivity contribution in [1.82, 2.24) is 5.32 Å². The molecule has 1 aliphatic rings. The topological polar surface area (TPSA) is 29.1 Å². The standard InChI is InChI=1S/C16H16BrNOS/c1-16(13-7-8-14(17)20-13)10-15(19)18-12(16)9-11-5-3-2-4-6-11/h2-8,12H,9-10H2,1H3,(H,18,19). The molecule has 4 heteroatoms. The molecule has 20 heavy (non-hydrogen) atoms. The predicted octanol–water partition coefficient (Wildman–Crippen LogP) is 3.90. The molecule has 1 aromatic heterocycles. The van der Waals surface area contributed by atoms with E-state index in [1.807, 2.05) is 18.2 Å². The SMILES string of the molecule is CC1(c2ccc(Br)s2)CC(=O)NC1Cc1ccccc1. The summed E-state index contributed by atoms with van der Waals surface area (Å²) in [6.07, 6.45) is 1.44. The Bertz CT molecular complexity index is 624. The lowest BCUT2D eigenvalue weighted by molar-refractivity contribution is -0.119. The number of hydrogen-bond donors (Lipinski definition) is 1. The van der Waals surface area contributed by atoms with E-state index in [1.54, 1.807) is 11.3 Å². The summed E-state index contributed by atoms with van der Waals surface area (Å²) in [5.41, 5.74) is 1.14. The lowest BCUT2D eigenvalue weighted by atomic mass is 9.78. The molecule has 0 saturated carbocycles. The second-order valence-electron chi connectivity index (χ2n) is 5.51. The first kappa shape index (κ1) is 13.8. The van der Waals surface area contributed by atoms with Gasteiger partial charge in [-0.25, -0.2) is 0 Å². The fourth-order valence-corrected chi connectivity index (χ4v) is 4.45. The van der Waals surface area contributed by atoms with E-state index in [2.05, 4.69) is 52.4 Å². The van der Waals surface area contributed by atoms with E-state index < -0.39 is 0 Å². The van der Waals surface area contributed by atoms with Crippen molar-refractivity contribution >= 4 is 33.2 Å². The molecular weight excluding hydrogens is 334 g/mol. The van der Waals surface area contributed by atoms with Crippen molar-refractivity contribution in [2.75, 3.05) is 0 Å². The van der Waals surface area contributed by atoms with Crippen molar-refractivity contribution in [3.63, 3.8) is 0 Å². The first-order chi connectivity index (χ1) is 9.58. The minimum Gasteiger partial charge on any atom is -0.352 e. The third-order valence-corrected chi connectivity index (χ3v) is 5.95. The molecule has 1 aliphatic heterocycles. The maximum Gasteiger partial charge on any atom is 0.221 e. The Hall–Kier alpha value is -1.13. The van der Waals surface area contributed by atoms with E-state index in [9.17, 15) is 4.79 Å². The Morgan fingerprint density at radius 3 is 2.70 bits per heavy atom. The molecule has 2 nitrogen and oxygen atoms in total. The second-order valence-corrected chi connectivity index (χ2v) is 7.97. The molecule has 2 unspecified atom stereocenters. The maximum atomic E-state index is 11.9. The molecule has 0 spiro atoms. The van der Waals surface area contributed by atoms with Gasteiger partial charge in [0, 0.05) is 22.8 Å². The molecule has 2 aromatic rings. The van der Waals surface area contributed by atoms with Crippen molar-refractivity contribution < 1.29 is 4.79 Å². The van der Waals surface area contributed by atoms with Crippen LogP contribution >= 0.6 is 27.3 Å². The smallest absolute Gasteiger partial charge is 0.221 e. The van der Waals surface area contributed by atoms with E-state index in [4.69, 9.17) is 0 Å². The largest absolute Gasteiger partial charge is 0.352 e. The van der Waals surface area contributed by atoms with Crippen LogP contribution in [0.5, 0.6) is 0 Å². The van der Waals surface area contributed by atoms with E-state index in [-0.39, 0.29) is 17.4 Å². The van der Waals surface area contributed by atoms with Gasteiger partial charge in [0.15, 0.2) is 0 Å². The van der Waals surface area contributed by atoms with Crippen molar-refractivity contribution in [3.8, 4) is 0 Å². The Kier molecular flexibility index (Phi) is 3.69. The van der Waals surface area contributed by atoms with Gasteiger partial charge in [-0.2, -0.15) is 0 Å². The van der Waals surface area contributed by atoms with Crippen molar-refractivity contribution in [2.45, 2.75) is 31.2 Å². The highest BCUT2D eigenvalue weighted by Crippen LogP contribution is 2.41. The summed E-state index contributed by atoms with van der Waals surface area (Å²) in [5.74, 6) is 0.151. The van der Waals surface area contributed by atoms with Gasteiger partial charge in [-0.3, -0.25) is 4.79 Å². The van der Waals surface area contributed by atoms with Crippen LogP contribution in [0.4, 0.5) is 0 Å². The number of halogens is 1. The molecule has 3 rings (SSSR count). The molecule has 1 saturated heterocycles. The predicted molar refractivity (Wildman–Crippen MR) is 86.1 cm³/mol. The molecule has 1 aromatic carbocycles. The zero-order chi connectivity index (χ0) is 14.2. The van der Waals surface area contributed by atoms with Crippen LogP contribution in [0.1, 0.15) is 23.8 Å².